The minimum Gasteiger partial charge on any atom is -1.00 e. The van der Waals surface area contributed by atoms with Gasteiger partial charge in [0.2, 0.25) is 0 Å². The highest BCUT2D eigenvalue weighted by Crippen LogP contribution is 1.97. The second kappa shape index (κ2) is 11.4. The Hall–Kier alpha value is 1.40. The van der Waals surface area contributed by atoms with E-state index in [4.69, 9.17) is 0 Å². The van der Waals surface area contributed by atoms with Gasteiger partial charge in [-0.2, -0.15) is 0 Å². The van der Waals surface area contributed by atoms with Gasteiger partial charge in [0.15, 0.2) is 0 Å². The molecule has 0 N–H and O–H groups in total. The molecule has 4 heteroatoms. The normalized spacial score (nSPS) is 8.73. The van der Waals surface area contributed by atoms with Gasteiger partial charge < -0.3 is 21.5 Å². The lowest BCUT2D eigenvalue weighted by Crippen LogP contribution is -3.00. The maximum atomic E-state index is 2.29. The van der Waals surface area contributed by atoms with Crippen LogP contribution in [-0.2, 0) is 0 Å². The first-order valence-corrected chi connectivity index (χ1v) is 3.52. The summed E-state index contributed by atoms with van der Waals surface area (Å²) in [4.78, 5) is 0. The fourth-order valence-corrected chi connectivity index (χ4v) is 0.671. The van der Waals surface area contributed by atoms with Gasteiger partial charge in [0, 0.05) is 0 Å². The molecule has 0 radical (unpaired) electrons. The van der Waals surface area contributed by atoms with Crippen molar-refractivity contribution in [3.63, 3.8) is 0 Å². The molecule has 0 amide bonds. The van der Waals surface area contributed by atoms with E-state index in [9.17, 15) is 0 Å². The van der Waals surface area contributed by atoms with Crippen molar-refractivity contribution < 1.29 is 21.5 Å². The summed E-state index contributed by atoms with van der Waals surface area (Å²) in [5.41, 5.74) is 0. The third-order valence-corrected chi connectivity index (χ3v) is 2.29. The molecule has 0 bridgehead atoms. The predicted molar refractivity (Wildman–Crippen MR) is 58.5 cm³/mol. The molecule has 0 aromatic carbocycles. The Bertz CT molecular complexity index is 56.4. The van der Waals surface area contributed by atoms with Gasteiger partial charge in [0.25, 0.3) is 0 Å². The molecule has 0 aliphatic heterocycles. The van der Waals surface area contributed by atoms with Crippen LogP contribution in [0.5, 0.6) is 0 Å². The molecule has 0 aromatic rings. The van der Waals surface area contributed by atoms with Gasteiger partial charge in [-0.15, -0.1) is 34.0 Å². The van der Waals surface area contributed by atoms with Crippen molar-refractivity contribution in [1.82, 2.24) is 0 Å². The number of hydrogen-bond donors (Lipinski definition) is 0. The van der Waals surface area contributed by atoms with Gasteiger partial charge >= 0.3 is 0 Å². The van der Waals surface area contributed by atoms with E-state index in [1.54, 1.807) is 0 Å². The van der Waals surface area contributed by atoms with Crippen LogP contribution in [0.25, 0.3) is 0 Å². The van der Waals surface area contributed by atoms with E-state index >= 15 is 0 Å². The van der Waals surface area contributed by atoms with Crippen LogP contribution in [0.2, 0.25) is 0 Å². The Balaban J connectivity index is -0.0000000817. The topological polar surface area (TPSA) is 0 Å². The second-order valence-corrected chi connectivity index (χ2v) is 2.57. The lowest BCUT2D eigenvalue weighted by atomic mass is 10.4. The fourth-order valence-electron chi connectivity index (χ4n) is 0.671. The van der Waals surface area contributed by atoms with Crippen LogP contribution < -0.4 is 17.0 Å². The smallest absolute Gasteiger partial charge is 0.0755 e. The van der Waals surface area contributed by atoms with E-state index in [0.29, 0.717) is 0 Å². The molecule has 74 valence electrons. The van der Waals surface area contributed by atoms with E-state index in [-0.39, 0.29) is 50.9 Å². The summed E-state index contributed by atoms with van der Waals surface area (Å²) in [5.74, 6) is 0. The van der Waals surface area contributed by atoms with Gasteiger partial charge in [0.05, 0.1) is 26.7 Å². The molecule has 0 fully saturated rings. The quantitative estimate of drug-likeness (QED) is 0.606. The molecule has 0 saturated carbocycles. The van der Waals surface area contributed by atoms with Gasteiger partial charge in [-0.1, -0.05) is 0 Å². The van der Waals surface area contributed by atoms with Crippen LogP contribution in [-0.4, -0.2) is 31.2 Å². The second-order valence-electron chi connectivity index (χ2n) is 2.57. The van der Waals surface area contributed by atoms with Gasteiger partial charge in [0.1, 0.15) is 0 Å². The maximum Gasteiger partial charge on any atom is 0.0755 e. The average molecular weight is 358 g/mol. The maximum absolute atomic E-state index is 2.29. The molecule has 0 rings (SSSR count). The summed E-state index contributed by atoms with van der Waals surface area (Å²) < 4.78 is 1.21. The summed E-state index contributed by atoms with van der Waals surface area (Å²) in [5, 5.41) is 0. The zero-order valence-corrected chi connectivity index (χ0v) is 12.8. The first-order valence-electron chi connectivity index (χ1n) is 3.52. The van der Waals surface area contributed by atoms with E-state index in [1.165, 1.54) is 24.1 Å². The standard InChI is InChI=1S/C7H18N.3BrH/c1-5-8(4,6-2)7-3;;;/h5-7H2,1-4H3;3*1H/q+1;;;/p-1. The van der Waals surface area contributed by atoms with E-state index in [0.717, 1.165) is 0 Å². The first-order chi connectivity index (χ1) is 3.68. The van der Waals surface area contributed by atoms with Crippen molar-refractivity contribution in [2.45, 2.75) is 20.8 Å². The SMILES string of the molecule is Br.Br.CC[N+](C)(CC)CC.[Br-]. The molecular formula is C7H20Br3N. The Morgan fingerprint density at radius 1 is 0.818 bits per heavy atom. The summed E-state index contributed by atoms with van der Waals surface area (Å²) in [6, 6.07) is 0. The van der Waals surface area contributed by atoms with Crippen molar-refractivity contribution in [3.8, 4) is 0 Å². The zero-order chi connectivity index (χ0) is 6.62. The van der Waals surface area contributed by atoms with Crippen LogP contribution in [0.1, 0.15) is 20.8 Å². The highest BCUT2D eigenvalue weighted by atomic mass is 79.9. The first kappa shape index (κ1) is 22.8. The van der Waals surface area contributed by atoms with Crippen molar-refractivity contribution in [1.29, 1.82) is 0 Å². The molecule has 0 aliphatic rings. The van der Waals surface area contributed by atoms with Gasteiger partial charge in [-0.3, -0.25) is 0 Å². The van der Waals surface area contributed by atoms with Gasteiger partial charge in [-0.05, 0) is 20.8 Å². The summed E-state index contributed by atoms with van der Waals surface area (Å²) in [6.07, 6.45) is 0. The molecule has 0 aromatic heterocycles. The molecular weight excluding hydrogens is 338 g/mol. The van der Waals surface area contributed by atoms with Crippen molar-refractivity contribution in [2.24, 2.45) is 0 Å². The lowest BCUT2D eigenvalue weighted by Gasteiger charge is -2.30. The number of halogens is 3. The minimum atomic E-state index is 0. The molecule has 0 atom stereocenters. The van der Waals surface area contributed by atoms with E-state index in [1.807, 2.05) is 0 Å². The monoisotopic (exact) mass is 355 g/mol. The average Bonchev–Trinajstić information content (AvgIpc) is 1.87. The van der Waals surface area contributed by atoms with Crippen molar-refractivity contribution >= 4 is 34.0 Å². The van der Waals surface area contributed by atoms with Crippen molar-refractivity contribution in [2.75, 3.05) is 26.7 Å². The fraction of sp³-hybridized carbons (Fsp3) is 1.00. The Kier molecular flexibility index (Phi) is 23.7. The van der Waals surface area contributed by atoms with Crippen LogP contribution in [0, 0.1) is 0 Å². The molecule has 0 heterocycles. The largest absolute Gasteiger partial charge is 1.00 e. The molecule has 0 saturated heterocycles. The Labute approximate surface area is 102 Å². The Morgan fingerprint density at radius 2 is 1.00 bits per heavy atom. The molecule has 0 aliphatic carbocycles. The molecule has 0 unspecified atom stereocenters. The van der Waals surface area contributed by atoms with Crippen LogP contribution in [0.4, 0.5) is 0 Å². The predicted octanol–water partition coefficient (Wildman–Crippen LogP) is -0.347. The van der Waals surface area contributed by atoms with E-state index in [2.05, 4.69) is 27.8 Å². The van der Waals surface area contributed by atoms with E-state index < -0.39 is 0 Å². The zero-order valence-electron chi connectivity index (χ0n) is 7.76. The van der Waals surface area contributed by atoms with Crippen LogP contribution in [0.15, 0.2) is 0 Å². The summed E-state index contributed by atoms with van der Waals surface area (Å²) in [7, 11) is 2.29. The number of rotatable bonds is 3. The van der Waals surface area contributed by atoms with Crippen LogP contribution >= 0.6 is 34.0 Å². The lowest BCUT2D eigenvalue weighted by molar-refractivity contribution is -0.904. The third kappa shape index (κ3) is 9.31. The number of quaternary nitrogens is 1. The molecule has 11 heavy (non-hydrogen) atoms. The summed E-state index contributed by atoms with van der Waals surface area (Å²) >= 11 is 0. The molecule has 0 spiro atoms. The Morgan fingerprint density at radius 3 is 1.00 bits per heavy atom. The number of hydrogen-bond acceptors (Lipinski definition) is 0. The van der Waals surface area contributed by atoms with Crippen molar-refractivity contribution in [3.05, 3.63) is 0 Å². The highest BCUT2D eigenvalue weighted by Gasteiger charge is 2.10. The molecule has 1 nitrogen and oxygen atoms in total. The third-order valence-electron chi connectivity index (χ3n) is 2.29. The van der Waals surface area contributed by atoms with Gasteiger partial charge in [-0.25, -0.2) is 0 Å². The number of nitrogens with zero attached hydrogens (tertiary/aromatic N) is 1. The highest BCUT2D eigenvalue weighted by molar-refractivity contribution is 8.93. The summed E-state index contributed by atoms with van der Waals surface area (Å²) in [6.45, 7) is 10.5. The van der Waals surface area contributed by atoms with Crippen LogP contribution in [0.3, 0.4) is 0 Å². The minimum absolute atomic E-state index is 0.